The van der Waals surface area contributed by atoms with E-state index in [1.54, 1.807) is 18.2 Å². The van der Waals surface area contributed by atoms with Gasteiger partial charge in [0.25, 0.3) is 0 Å². The quantitative estimate of drug-likeness (QED) is 0.642. The number of halogens is 3. The Morgan fingerprint density at radius 2 is 1.97 bits per heavy atom. The Bertz CT molecular complexity index is 1100. The number of ether oxygens (including phenoxy) is 1. The van der Waals surface area contributed by atoms with Crippen LogP contribution < -0.4 is 10.2 Å². The van der Waals surface area contributed by atoms with Crippen LogP contribution in [0.3, 0.4) is 0 Å². The van der Waals surface area contributed by atoms with Crippen molar-refractivity contribution in [2.45, 2.75) is 24.3 Å². The molecule has 0 bridgehead atoms. The largest absolute Gasteiger partial charge is 0.573 e. The number of hydrogen-bond donors (Lipinski definition) is 1. The van der Waals surface area contributed by atoms with Gasteiger partial charge in [-0.05, 0) is 48.0 Å². The number of benzene rings is 1. The number of hydroxylamine groups is 1. The fourth-order valence-corrected chi connectivity index (χ4v) is 4.14. The zero-order valence-corrected chi connectivity index (χ0v) is 16.8. The summed E-state index contributed by atoms with van der Waals surface area (Å²) in [6, 6.07) is 9.29. The van der Waals surface area contributed by atoms with E-state index in [0.717, 1.165) is 29.8 Å². The molecule has 1 aromatic carbocycles. The molecule has 164 valence electrons. The summed E-state index contributed by atoms with van der Waals surface area (Å²) in [4.78, 5) is 9.12. The highest BCUT2D eigenvalue weighted by Gasteiger charge is 2.31. The van der Waals surface area contributed by atoms with Gasteiger partial charge in [-0.15, -0.1) is 13.2 Å². The summed E-state index contributed by atoms with van der Waals surface area (Å²) in [6.07, 6.45) is -1.34. The predicted octanol–water partition coefficient (Wildman–Crippen LogP) is 2.85. The summed E-state index contributed by atoms with van der Waals surface area (Å²) in [6.45, 7) is 0.421. The normalized spacial score (nSPS) is 15.1. The Hall–Kier alpha value is -3.14. The molecule has 0 atom stereocenters. The van der Waals surface area contributed by atoms with Crippen LogP contribution >= 0.6 is 0 Å². The van der Waals surface area contributed by atoms with Crippen LogP contribution in [0.4, 0.5) is 13.2 Å². The highest BCUT2D eigenvalue weighted by atomic mass is 32.2. The minimum absolute atomic E-state index is 0.0721. The third-order valence-corrected chi connectivity index (χ3v) is 6.13. The maximum Gasteiger partial charge on any atom is 0.573 e. The number of pyridine rings is 1. The molecule has 2 aromatic rings. The summed E-state index contributed by atoms with van der Waals surface area (Å²) >= 11 is 0. The molecule has 0 amide bonds. The molecule has 0 saturated heterocycles. The van der Waals surface area contributed by atoms with E-state index in [1.165, 1.54) is 10.5 Å². The van der Waals surface area contributed by atoms with Crippen molar-refractivity contribution >= 4 is 10.0 Å². The molecule has 0 radical (unpaired) electrons. The Kier molecular flexibility index (Phi) is 6.79. The minimum atomic E-state index is -4.85. The lowest BCUT2D eigenvalue weighted by atomic mass is 10.2. The summed E-state index contributed by atoms with van der Waals surface area (Å²) in [5, 5.41) is 8.84. The first-order valence-corrected chi connectivity index (χ1v) is 10.4. The highest BCUT2D eigenvalue weighted by molar-refractivity contribution is 7.89. The Balaban J connectivity index is 1.55. The van der Waals surface area contributed by atoms with Gasteiger partial charge in [0.1, 0.15) is 17.5 Å². The zero-order chi connectivity index (χ0) is 22.5. The van der Waals surface area contributed by atoms with E-state index >= 15 is 0 Å². The zero-order valence-electron chi connectivity index (χ0n) is 16.0. The van der Waals surface area contributed by atoms with E-state index in [0.29, 0.717) is 12.1 Å². The van der Waals surface area contributed by atoms with Gasteiger partial charge in [0.2, 0.25) is 10.0 Å². The van der Waals surface area contributed by atoms with Gasteiger partial charge in [0.05, 0.1) is 11.5 Å². The fraction of sp³-hybridized carbons (Fsp3) is 0.263. The van der Waals surface area contributed by atoms with Gasteiger partial charge in [-0.1, -0.05) is 0 Å². The summed E-state index contributed by atoms with van der Waals surface area (Å²) in [7, 11) is -3.87. The van der Waals surface area contributed by atoms with Crippen molar-refractivity contribution in [3.05, 3.63) is 65.6 Å². The number of nitriles is 1. The number of alkyl halides is 3. The van der Waals surface area contributed by atoms with Gasteiger partial charge in [-0.3, -0.25) is 10.3 Å². The molecule has 1 aliphatic rings. The van der Waals surface area contributed by atoms with Crippen molar-refractivity contribution in [2.75, 3.05) is 13.1 Å². The molecule has 0 aliphatic carbocycles. The summed E-state index contributed by atoms with van der Waals surface area (Å²) in [5.41, 5.74) is 4.47. The first-order valence-electron chi connectivity index (χ1n) is 8.95. The molecule has 0 saturated carbocycles. The van der Waals surface area contributed by atoms with Crippen LogP contribution in [0.2, 0.25) is 0 Å². The molecule has 31 heavy (non-hydrogen) atoms. The summed E-state index contributed by atoms with van der Waals surface area (Å²) in [5.74, 6) is -0.496. The summed E-state index contributed by atoms with van der Waals surface area (Å²) < 4.78 is 67.1. The molecule has 0 spiro atoms. The molecular weight excluding hydrogens is 437 g/mol. The van der Waals surface area contributed by atoms with E-state index in [1.807, 2.05) is 6.07 Å². The van der Waals surface area contributed by atoms with Crippen LogP contribution in [-0.4, -0.2) is 37.2 Å². The molecule has 3 rings (SSSR count). The molecule has 1 aliphatic heterocycles. The topological polar surface area (TPSA) is 105 Å². The second-order valence-corrected chi connectivity index (χ2v) is 8.35. The highest BCUT2D eigenvalue weighted by Crippen LogP contribution is 2.26. The van der Waals surface area contributed by atoms with Gasteiger partial charge in [0.15, 0.2) is 0 Å². The van der Waals surface area contributed by atoms with Crippen molar-refractivity contribution in [2.24, 2.45) is 0 Å². The lowest BCUT2D eigenvalue weighted by Crippen LogP contribution is -2.36. The van der Waals surface area contributed by atoms with Crippen LogP contribution in [0.1, 0.15) is 17.7 Å². The fourth-order valence-electron chi connectivity index (χ4n) is 2.76. The van der Waals surface area contributed by atoms with Crippen molar-refractivity contribution in [1.29, 1.82) is 5.26 Å². The number of aromatic nitrogens is 1. The standard InChI is InChI=1S/C19H17F3N4O4S/c20-19(21,22)30-17-1-3-18(4-2-17)31(27,28)26-9-6-15(7-10-26)25-29-13-14-5-8-24-16(11-14)12-23/h1-6,8,11,25H,7,9-10,13H2. The smallest absolute Gasteiger partial charge is 0.406 e. The van der Waals surface area contributed by atoms with E-state index in [4.69, 9.17) is 10.1 Å². The van der Waals surface area contributed by atoms with Gasteiger partial charge in [-0.2, -0.15) is 9.57 Å². The van der Waals surface area contributed by atoms with Gasteiger partial charge in [0, 0.05) is 31.4 Å². The maximum atomic E-state index is 12.7. The van der Waals surface area contributed by atoms with Gasteiger partial charge in [-0.25, -0.2) is 13.4 Å². The minimum Gasteiger partial charge on any atom is -0.406 e. The Labute approximate surface area is 176 Å². The van der Waals surface area contributed by atoms with Crippen LogP contribution in [0.15, 0.2) is 59.3 Å². The Morgan fingerprint density at radius 3 is 2.58 bits per heavy atom. The van der Waals surface area contributed by atoms with Crippen molar-refractivity contribution in [1.82, 2.24) is 14.8 Å². The maximum absolute atomic E-state index is 12.7. The first-order chi connectivity index (χ1) is 14.7. The van der Waals surface area contributed by atoms with Crippen molar-refractivity contribution in [3.8, 4) is 11.8 Å². The molecule has 2 heterocycles. The lowest BCUT2D eigenvalue weighted by molar-refractivity contribution is -0.274. The van der Waals surface area contributed by atoms with E-state index < -0.39 is 22.1 Å². The van der Waals surface area contributed by atoms with Gasteiger partial charge >= 0.3 is 6.36 Å². The third-order valence-electron chi connectivity index (χ3n) is 4.25. The molecule has 0 fully saturated rings. The number of nitrogens with zero attached hydrogens (tertiary/aromatic N) is 3. The second kappa shape index (κ2) is 9.34. The Morgan fingerprint density at radius 1 is 1.23 bits per heavy atom. The van der Waals surface area contributed by atoms with E-state index in [2.05, 4.69) is 15.2 Å². The average Bonchev–Trinajstić information content (AvgIpc) is 2.73. The average molecular weight is 454 g/mol. The monoisotopic (exact) mass is 454 g/mol. The lowest BCUT2D eigenvalue weighted by Gasteiger charge is -2.26. The molecule has 0 unspecified atom stereocenters. The third kappa shape index (κ3) is 6.17. The number of hydrogen-bond acceptors (Lipinski definition) is 7. The number of rotatable bonds is 7. The van der Waals surface area contributed by atoms with Gasteiger partial charge < -0.3 is 4.74 Å². The van der Waals surface area contributed by atoms with Crippen LogP contribution in [-0.2, 0) is 21.5 Å². The first kappa shape index (κ1) is 22.5. The molecule has 8 nitrogen and oxygen atoms in total. The van der Waals surface area contributed by atoms with Crippen molar-refractivity contribution < 1.29 is 31.2 Å². The van der Waals surface area contributed by atoms with Crippen LogP contribution in [0, 0.1) is 11.3 Å². The van der Waals surface area contributed by atoms with E-state index in [-0.39, 0.29) is 30.3 Å². The van der Waals surface area contributed by atoms with Crippen molar-refractivity contribution in [3.63, 3.8) is 0 Å². The molecule has 1 aromatic heterocycles. The van der Waals surface area contributed by atoms with Crippen LogP contribution in [0.25, 0.3) is 0 Å². The van der Waals surface area contributed by atoms with Crippen LogP contribution in [0.5, 0.6) is 5.75 Å². The number of sulfonamides is 1. The SMILES string of the molecule is N#Cc1cc(CONC2=CCN(S(=O)(=O)c3ccc(OC(F)(F)F)cc3)CC2)ccn1. The number of nitrogens with one attached hydrogen (secondary N) is 1. The molecule has 12 heteroatoms. The second-order valence-electron chi connectivity index (χ2n) is 6.41. The molecule has 1 N–H and O–H groups in total. The molecular formula is C19H17F3N4O4S. The predicted molar refractivity (Wildman–Crippen MR) is 101 cm³/mol. The van der Waals surface area contributed by atoms with E-state index in [9.17, 15) is 21.6 Å².